The first-order valence-corrected chi connectivity index (χ1v) is 7.15. The van der Waals surface area contributed by atoms with Crippen molar-refractivity contribution in [1.29, 1.82) is 0 Å². The van der Waals surface area contributed by atoms with E-state index in [1.54, 1.807) is 12.1 Å². The van der Waals surface area contributed by atoms with Crippen LogP contribution in [0, 0.1) is 0 Å². The van der Waals surface area contributed by atoms with Gasteiger partial charge in [0.2, 0.25) is 0 Å². The largest absolute Gasteiger partial charge is 0.392 e. The zero-order valence-electron chi connectivity index (χ0n) is 9.06. The molecule has 0 amide bonds. The first kappa shape index (κ1) is 13.5. The fourth-order valence-electron chi connectivity index (χ4n) is 1.46. The van der Waals surface area contributed by atoms with Crippen LogP contribution in [-0.4, -0.2) is 25.4 Å². The summed E-state index contributed by atoms with van der Waals surface area (Å²) in [6.07, 6.45) is 0.398. The van der Waals surface area contributed by atoms with Gasteiger partial charge in [-0.3, -0.25) is 0 Å². The van der Waals surface area contributed by atoms with Gasteiger partial charge in [0.05, 0.1) is 21.8 Å². The molecule has 16 heavy (non-hydrogen) atoms. The van der Waals surface area contributed by atoms with Crippen molar-refractivity contribution in [2.45, 2.75) is 30.8 Å². The van der Waals surface area contributed by atoms with Crippen LogP contribution in [0.25, 0.3) is 0 Å². The molecule has 0 aromatic heterocycles. The number of aliphatic hydroxyl groups excluding tert-OH is 1. The Morgan fingerprint density at radius 1 is 1.38 bits per heavy atom. The van der Waals surface area contributed by atoms with Crippen molar-refractivity contribution in [3.05, 3.63) is 29.3 Å². The summed E-state index contributed by atoms with van der Waals surface area (Å²) in [7, 11) is -3.49. The second-order valence-corrected chi connectivity index (χ2v) is 6.06. The summed E-state index contributed by atoms with van der Waals surface area (Å²) in [5.41, 5.74) is 0. The van der Waals surface area contributed by atoms with Gasteiger partial charge in [-0.05, 0) is 18.6 Å². The Balaban J connectivity index is 2.91. The lowest BCUT2D eigenvalue weighted by molar-refractivity contribution is 0.186. The molecule has 1 rings (SSSR count). The lowest BCUT2D eigenvalue weighted by atomic mass is 10.2. The van der Waals surface area contributed by atoms with Crippen LogP contribution in [0.3, 0.4) is 0 Å². The van der Waals surface area contributed by atoms with E-state index in [1.807, 2.05) is 6.92 Å². The topological polar surface area (TPSA) is 54.4 Å². The van der Waals surface area contributed by atoms with Crippen molar-refractivity contribution in [2.24, 2.45) is 0 Å². The third kappa shape index (κ3) is 3.47. The highest BCUT2D eigenvalue weighted by Crippen LogP contribution is 2.22. The zero-order valence-corrected chi connectivity index (χ0v) is 10.6. The molecule has 1 unspecified atom stereocenters. The summed E-state index contributed by atoms with van der Waals surface area (Å²) >= 11 is 5.81. The van der Waals surface area contributed by atoms with Crippen LogP contribution >= 0.6 is 11.6 Å². The minimum absolute atomic E-state index is 0.0896. The van der Waals surface area contributed by atoms with Gasteiger partial charge in [-0.15, -0.1) is 0 Å². The summed E-state index contributed by atoms with van der Waals surface area (Å²) in [5.74, 6) is -0.273. The van der Waals surface area contributed by atoms with E-state index in [0.29, 0.717) is 6.42 Å². The highest BCUT2D eigenvalue weighted by molar-refractivity contribution is 7.91. The molecule has 0 saturated heterocycles. The Morgan fingerprint density at radius 2 is 2.00 bits per heavy atom. The third-order valence-electron chi connectivity index (χ3n) is 2.21. The second kappa shape index (κ2) is 5.66. The van der Waals surface area contributed by atoms with Crippen LogP contribution in [0.2, 0.25) is 5.02 Å². The van der Waals surface area contributed by atoms with E-state index in [0.717, 1.165) is 6.42 Å². The normalized spacial score (nSPS) is 13.7. The number of aliphatic hydroxyl groups is 1. The minimum atomic E-state index is -3.49. The van der Waals surface area contributed by atoms with Crippen molar-refractivity contribution < 1.29 is 13.5 Å². The van der Waals surface area contributed by atoms with E-state index >= 15 is 0 Å². The maximum Gasteiger partial charge on any atom is 0.182 e. The molecule has 0 saturated carbocycles. The van der Waals surface area contributed by atoms with E-state index in [4.69, 9.17) is 11.6 Å². The number of rotatable bonds is 5. The maximum absolute atomic E-state index is 11.9. The molecule has 1 N–H and O–H groups in total. The van der Waals surface area contributed by atoms with E-state index in [2.05, 4.69) is 0 Å². The lowest BCUT2D eigenvalue weighted by Crippen LogP contribution is -2.20. The van der Waals surface area contributed by atoms with Crippen molar-refractivity contribution in [3.63, 3.8) is 0 Å². The molecule has 1 atom stereocenters. The molecule has 0 aliphatic carbocycles. The Morgan fingerprint density at radius 3 is 2.56 bits per heavy atom. The van der Waals surface area contributed by atoms with Crippen LogP contribution in [-0.2, 0) is 9.84 Å². The standard InChI is InChI=1S/C11H15ClO3S/c1-2-5-9(13)8-16(14,15)11-7-4-3-6-10(11)12/h3-4,6-7,9,13H,2,5,8H2,1H3. The smallest absolute Gasteiger partial charge is 0.182 e. The highest BCUT2D eigenvalue weighted by Gasteiger charge is 2.21. The van der Waals surface area contributed by atoms with E-state index in [-0.39, 0.29) is 15.7 Å². The zero-order chi connectivity index (χ0) is 12.2. The van der Waals surface area contributed by atoms with Crippen LogP contribution < -0.4 is 0 Å². The van der Waals surface area contributed by atoms with Crippen LogP contribution in [0.4, 0.5) is 0 Å². The molecule has 0 aliphatic rings. The molecular weight excluding hydrogens is 248 g/mol. The van der Waals surface area contributed by atoms with Gasteiger partial charge in [0.1, 0.15) is 0 Å². The molecule has 0 spiro atoms. The SMILES string of the molecule is CCCC(O)CS(=O)(=O)c1ccccc1Cl. The minimum Gasteiger partial charge on any atom is -0.392 e. The monoisotopic (exact) mass is 262 g/mol. The summed E-state index contributed by atoms with van der Waals surface area (Å²) in [6.45, 7) is 1.89. The lowest BCUT2D eigenvalue weighted by Gasteiger charge is -2.10. The Kier molecular flexibility index (Phi) is 4.77. The van der Waals surface area contributed by atoms with Gasteiger partial charge < -0.3 is 5.11 Å². The number of sulfone groups is 1. The van der Waals surface area contributed by atoms with Gasteiger partial charge in [-0.25, -0.2) is 8.42 Å². The van der Waals surface area contributed by atoms with Crippen LogP contribution in [0.5, 0.6) is 0 Å². The molecule has 0 aliphatic heterocycles. The Labute approximate surface area is 101 Å². The van der Waals surface area contributed by atoms with Gasteiger partial charge in [0.15, 0.2) is 9.84 Å². The average Bonchev–Trinajstić information content (AvgIpc) is 2.17. The molecular formula is C11H15ClO3S. The van der Waals surface area contributed by atoms with Gasteiger partial charge in [0, 0.05) is 0 Å². The van der Waals surface area contributed by atoms with E-state index in [1.165, 1.54) is 12.1 Å². The molecule has 0 bridgehead atoms. The van der Waals surface area contributed by atoms with Crippen molar-refractivity contribution in [2.75, 3.05) is 5.75 Å². The second-order valence-electron chi connectivity index (χ2n) is 3.65. The van der Waals surface area contributed by atoms with Crippen LogP contribution in [0.15, 0.2) is 29.2 Å². The first-order valence-electron chi connectivity index (χ1n) is 5.12. The maximum atomic E-state index is 11.9. The molecule has 3 nitrogen and oxygen atoms in total. The predicted molar refractivity (Wildman–Crippen MR) is 64.4 cm³/mol. The Hall–Kier alpha value is -0.580. The summed E-state index contributed by atoms with van der Waals surface area (Å²) in [4.78, 5) is 0.0896. The molecule has 1 aromatic rings. The fraction of sp³-hybridized carbons (Fsp3) is 0.455. The van der Waals surface area contributed by atoms with Crippen molar-refractivity contribution in [3.8, 4) is 0 Å². The molecule has 0 heterocycles. The predicted octanol–water partition coefficient (Wildman–Crippen LogP) is 2.27. The van der Waals surface area contributed by atoms with Gasteiger partial charge in [0.25, 0.3) is 0 Å². The number of hydrogen-bond donors (Lipinski definition) is 1. The summed E-state index contributed by atoms with van der Waals surface area (Å²) in [5, 5.41) is 9.71. The highest BCUT2D eigenvalue weighted by atomic mass is 35.5. The summed E-state index contributed by atoms with van der Waals surface area (Å²) < 4.78 is 23.8. The first-order chi connectivity index (χ1) is 7.47. The third-order valence-corrected chi connectivity index (χ3v) is 4.50. The average molecular weight is 263 g/mol. The fourth-order valence-corrected chi connectivity index (χ4v) is 3.45. The van der Waals surface area contributed by atoms with E-state index in [9.17, 15) is 13.5 Å². The van der Waals surface area contributed by atoms with Gasteiger partial charge in [-0.2, -0.15) is 0 Å². The molecule has 0 radical (unpaired) electrons. The summed E-state index contributed by atoms with van der Waals surface area (Å²) in [6, 6.07) is 6.27. The quantitative estimate of drug-likeness (QED) is 0.886. The molecule has 5 heteroatoms. The Bertz CT molecular complexity index is 442. The van der Waals surface area contributed by atoms with Crippen LogP contribution in [0.1, 0.15) is 19.8 Å². The number of halogens is 1. The van der Waals surface area contributed by atoms with Gasteiger partial charge in [-0.1, -0.05) is 37.1 Å². The molecule has 0 fully saturated rings. The molecule has 90 valence electrons. The number of hydrogen-bond acceptors (Lipinski definition) is 3. The van der Waals surface area contributed by atoms with Crippen molar-refractivity contribution >= 4 is 21.4 Å². The van der Waals surface area contributed by atoms with E-state index < -0.39 is 15.9 Å². The molecule has 1 aromatic carbocycles. The number of benzene rings is 1. The van der Waals surface area contributed by atoms with Crippen molar-refractivity contribution in [1.82, 2.24) is 0 Å². The van der Waals surface area contributed by atoms with Gasteiger partial charge >= 0.3 is 0 Å².